The Balaban J connectivity index is 1.77. The minimum atomic E-state index is -0.164. The van der Waals surface area contributed by atoms with E-state index in [0.29, 0.717) is 24.2 Å². The first-order valence-electron chi connectivity index (χ1n) is 10.9. The molecule has 0 unspecified atom stereocenters. The van der Waals surface area contributed by atoms with Crippen LogP contribution in [0.15, 0.2) is 30.3 Å². The monoisotopic (exact) mass is 417 g/mol. The number of benzene rings is 1. The molecular formula is C24H27N5O2. The van der Waals surface area contributed by atoms with E-state index in [9.17, 15) is 4.79 Å². The highest BCUT2D eigenvalue weighted by atomic mass is 16.5. The zero-order valence-electron chi connectivity index (χ0n) is 18.1. The first kappa shape index (κ1) is 20.9. The molecule has 0 N–H and O–H groups in total. The molecule has 0 spiro atoms. The zero-order valence-corrected chi connectivity index (χ0v) is 18.1. The number of fused-ring (bicyclic) bond motifs is 3. The molecule has 1 aromatic carbocycles. The Bertz CT molecular complexity index is 1130. The van der Waals surface area contributed by atoms with E-state index >= 15 is 0 Å². The van der Waals surface area contributed by atoms with Gasteiger partial charge < -0.3 is 14.2 Å². The summed E-state index contributed by atoms with van der Waals surface area (Å²) in [7, 11) is 0. The number of amides is 1. The van der Waals surface area contributed by atoms with E-state index in [1.54, 1.807) is 4.90 Å². The van der Waals surface area contributed by atoms with Crippen molar-refractivity contribution in [2.45, 2.75) is 52.5 Å². The number of aromatic nitrogens is 3. The number of hydrogen-bond donors (Lipinski definition) is 0. The summed E-state index contributed by atoms with van der Waals surface area (Å²) in [6.07, 6.45) is 4.53. The topological polar surface area (TPSA) is 84.0 Å². The van der Waals surface area contributed by atoms with E-state index in [1.807, 2.05) is 44.2 Å². The standard InChI is InChI=1S/C24H27N5O2/c1-3-31-19-11-9-18(10-12-19)28(15-7-13-25)24(30)20-16-17(2)26-23-22(20)27-21-8-5-4-6-14-29(21)23/h9-12,16H,3-8,14-15H2,1-2H3. The highest BCUT2D eigenvalue weighted by molar-refractivity contribution is 6.12. The maximum atomic E-state index is 13.7. The van der Waals surface area contributed by atoms with Gasteiger partial charge in [-0.1, -0.05) is 6.42 Å². The van der Waals surface area contributed by atoms with Crippen LogP contribution in [0, 0.1) is 18.3 Å². The van der Waals surface area contributed by atoms with Gasteiger partial charge in [0.2, 0.25) is 0 Å². The lowest BCUT2D eigenvalue weighted by molar-refractivity contribution is 0.0988. The lowest BCUT2D eigenvalue weighted by atomic mass is 10.1. The maximum absolute atomic E-state index is 13.7. The summed E-state index contributed by atoms with van der Waals surface area (Å²) in [5.41, 5.74) is 3.49. The summed E-state index contributed by atoms with van der Waals surface area (Å²) >= 11 is 0. The highest BCUT2D eigenvalue weighted by Crippen LogP contribution is 2.27. The molecule has 0 fully saturated rings. The van der Waals surface area contributed by atoms with Gasteiger partial charge in [-0.25, -0.2) is 9.97 Å². The molecule has 4 rings (SSSR count). The number of imidazole rings is 1. The van der Waals surface area contributed by atoms with Crippen LogP contribution in [0.4, 0.5) is 5.69 Å². The van der Waals surface area contributed by atoms with Crippen LogP contribution in [0.1, 0.15) is 54.5 Å². The zero-order chi connectivity index (χ0) is 21.8. The number of carbonyl (C=O) groups excluding carboxylic acids is 1. The number of pyridine rings is 1. The number of nitriles is 1. The fraction of sp³-hybridized carbons (Fsp3) is 0.417. The van der Waals surface area contributed by atoms with Gasteiger partial charge in [0.25, 0.3) is 5.91 Å². The Labute approximate surface area is 182 Å². The van der Waals surface area contributed by atoms with Gasteiger partial charge in [-0.2, -0.15) is 5.26 Å². The van der Waals surface area contributed by atoms with Crippen LogP contribution in [0.2, 0.25) is 0 Å². The van der Waals surface area contributed by atoms with Gasteiger partial charge in [0.1, 0.15) is 17.1 Å². The predicted octanol–water partition coefficient (Wildman–Crippen LogP) is 4.43. The minimum Gasteiger partial charge on any atom is -0.494 e. The lowest BCUT2D eigenvalue weighted by Crippen LogP contribution is -2.32. The molecule has 7 heteroatoms. The third-order valence-corrected chi connectivity index (χ3v) is 5.57. The van der Waals surface area contributed by atoms with Crippen LogP contribution >= 0.6 is 0 Å². The quantitative estimate of drug-likeness (QED) is 0.593. The van der Waals surface area contributed by atoms with Gasteiger partial charge in [-0.3, -0.25) is 4.79 Å². The Kier molecular flexibility index (Phi) is 6.17. The van der Waals surface area contributed by atoms with Gasteiger partial charge in [0, 0.05) is 30.9 Å². The summed E-state index contributed by atoms with van der Waals surface area (Å²) in [4.78, 5) is 24.9. The van der Waals surface area contributed by atoms with E-state index in [4.69, 9.17) is 20.0 Å². The Morgan fingerprint density at radius 2 is 2.03 bits per heavy atom. The number of anilines is 1. The van der Waals surface area contributed by atoms with Crippen molar-refractivity contribution < 1.29 is 9.53 Å². The molecule has 1 aliphatic rings. The fourth-order valence-electron chi connectivity index (χ4n) is 4.12. The second kappa shape index (κ2) is 9.17. The first-order valence-corrected chi connectivity index (χ1v) is 10.9. The van der Waals surface area contributed by atoms with Gasteiger partial charge in [0.05, 0.1) is 24.7 Å². The summed E-state index contributed by atoms with van der Waals surface area (Å²) in [5, 5.41) is 9.15. The number of nitrogens with zero attached hydrogens (tertiary/aromatic N) is 5. The van der Waals surface area contributed by atoms with Crippen LogP contribution in [-0.2, 0) is 13.0 Å². The average Bonchev–Trinajstić information content (AvgIpc) is 2.95. The van der Waals surface area contributed by atoms with Gasteiger partial charge in [0.15, 0.2) is 5.65 Å². The van der Waals surface area contributed by atoms with E-state index in [2.05, 4.69) is 10.6 Å². The molecule has 0 radical (unpaired) electrons. The summed E-state index contributed by atoms with van der Waals surface area (Å²) in [6.45, 7) is 5.60. The van der Waals surface area contributed by atoms with Crippen LogP contribution in [0.5, 0.6) is 5.75 Å². The van der Waals surface area contributed by atoms with Crippen LogP contribution in [0.25, 0.3) is 11.2 Å². The summed E-state index contributed by atoms with van der Waals surface area (Å²) < 4.78 is 7.69. The van der Waals surface area contributed by atoms with Crippen molar-refractivity contribution in [3.05, 3.63) is 47.4 Å². The molecule has 3 aromatic rings. The third-order valence-electron chi connectivity index (χ3n) is 5.57. The Morgan fingerprint density at radius 1 is 1.23 bits per heavy atom. The van der Waals surface area contributed by atoms with Crippen molar-refractivity contribution in [1.82, 2.24) is 14.5 Å². The molecule has 160 valence electrons. The van der Waals surface area contributed by atoms with Gasteiger partial charge in [-0.05, 0) is 57.0 Å². The Hall–Kier alpha value is -3.40. The number of carbonyl (C=O) groups is 1. The van der Waals surface area contributed by atoms with Crippen molar-refractivity contribution in [2.24, 2.45) is 0 Å². The normalized spacial score (nSPS) is 13.3. The number of hydrogen-bond acceptors (Lipinski definition) is 5. The second-order valence-electron chi connectivity index (χ2n) is 7.77. The van der Waals surface area contributed by atoms with Crippen LogP contribution in [0.3, 0.4) is 0 Å². The molecule has 1 aliphatic heterocycles. The van der Waals surface area contributed by atoms with E-state index < -0.39 is 0 Å². The molecule has 1 amide bonds. The molecular weight excluding hydrogens is 390 g/mol. The molecule has 0 saturated heterocycles. The van der Waals surface area contributed by atoms with Gasteiger partial charge in [-0.15, -0.1) is 0 Å². The number of aryl methyl sites for hydroxylation is 3. The maximum Gasteiger partial charge on any atom is 0.260 e. The summed E-state index contributed by atoms with van der Waals surface area (Å²) in [5.74, 6) is 1.59. The van der Waals surface area contributed by atoms with Crippen LogP contribution < -0.4 is 9.64 Å². The fourth-order valence-corrected chi connectivity index (χ4v) is 4.12. The van der Waals surface area contributed by atoms with Crippen molar-refractivity contribution >= 4 is 22.8 Å². The van der Waals surface area contributed by atoms with Crippen molar-refractivity contribution in [2.75, 3.05) is 18.1 Å². The lowest BCUT2D eigenvalue weighted by Gasteiger charge is -2.22. The molecule has 0 atom stereocenters. The molecule has 7 nitrogen and oxygen atoms in total. The minimum absolute atomic E-state index is 0.164. The predicted molar refractivity (Wildman–Crippen MR) is 119 cm³/mol. The SMILES string of the molecule is CCOc1ccc(N(CCC#N)C(=O)c2cc(C)nc3c2nc2n3CCCCC2)cc1. The van der Waals surface area contributed by atoms with E-state index in [-0.39, 0.29) is 12.3 Å². The summed E-state index contributed by atoms with van der Waals surface area (Å²) in [6, 6.07) is 11.4. The molecule has 31 heavy (non-hydrogen) atoms. The van der Waals surface area contributed by atoms with Crippen molar-refractivity contribution in [3.8, 4) is 11.8 Å². The average molecular weight is 418 g/mol. The van der Waals surface area contributed by atoms with Crippen molar-refractivity contribution in [1.29, 1.82) is 5.26 Å². The van der Waals surface area contributed by atoms with Crippen molar-refractivity contribution in [3.63, 3.8) is 0 Å². The van der Waals surface area contributed by atoms with Gasteiger partial charge >= 0.3 is 0 Å². The molecule has 0 saturated carbocycles. The van der Waals surface area contributed by atoms with Crippen LogP contribution in [-0.4, -0.2) is 33.6 Å². The largest absolute Gasteiger partial charge is 0.494 e. The third kappa shape index (κ3) is 4.24. The first-order chi connectivity index (χ1) is 15.1. The number of rotatable bonds is 6. The smallest absolute Gasteiger partial charge is 0.260 e. The molecule has 2 aromatic heterocycles. The number of ether oxygens (including phenoxy) is 1. The highest BCUT2D eigenvalue weighted by Gasteiger charge is 2.25. The van der Waals surface area contributed by atoms with E-state index in [0.717, 1.165) is 54.4 Å². The second-order valence-corrected chi connectivity index (χ2v) is 7.77. The molecule has 0 bridgehead atoms. The molecule has 0 aliphatic carbocycles. The molecule has 3 heterocycles. The van der Waals surface area contributed by atoms with E-state index in [1.165, 1.54) is 6.42 Å². The Morgan fingerprint density at radius 3 is 2.77 bits per heavy atom.